The summed E-state index contributed by atoms with van der Waals surface area (Å²) in [6.07, 6.45) is 3.23. The molecule has 160 valence electrons. The number of amides is 2. The number of rotatable bonds is 4. The average Bonchev–Trinajstić information content (AvgIpc) is 3.32. The van der Waals surface area contributed by atoms with Crippen LogP contribution in [0.3, 0.4) is 0 Å². The predicted molar refractivity (Wildman–Crippen MR) is 116 cm³/mol. The number of aromatic nitrogens is 2. The van der Waals surface area contributed by atoms with Gasteiger partial charge >= 0.3 is 0 Å². The van der Waals surface area contributed by atoms with Gasteiger partial charge in [-0.1, -0.05) is 19.9 Å². The number of carbonyl (C=O) groups is 2. The van der Waals surface area contributed by atoms with E-state index in [1.807, 2.05) is 36.3 Å². The molecule has 1 N–H and O–H groups in total. The fourth-order valence-electron chi connectivity index (χ4n) is 4.25. The molecule has 0 saturated carbocycles. The van der Waals surface area contributed by atoms with Gasteiger partial charge in [0.2, 0.25) is 5.91 Å². The maximum atomic E-state index is 12.8. The number of likely N-dealkylation sites (tertiary alicyclic amines) is 1. The lowest BCUT2D eigenvalue weighted by Gasteiger charge is -2.34. The van der Waals surface area contributed by atoms with Crippen LogP contribution in [0.2, 0.25) is 0 Å². The number of fused-ring (bicyclic) bond motifs is 1. The fraction of sp³-hybridized carbons (Fsp3) is 0.545. The first-order chi connectivity index (χ1) is 14.5. The normalized spacial score (nSPS) is 20.0. The number of hydrogen-bond donors (Lipinski definition) is 1. The number of nitrogens with zero attached hydrogens (tertiary/aromatic N) is 3. The van der Waals surface area contributed by atoms with Gasteiger partial charge in [0.15, 0.2) is 0 Å². The summed E-state index contributed by atoms with van der Waals surface area (Å²) in [6, 6.07) is 3.67. The van der Waals surface area contributed by atoms with E-state index < -0.39 is 0 Å². The molecule has 0 radical (unpaired) electrons. The summed E-state index contributed by atoms with van der Waals surface area (Å²) < 4.78 is 0. The van der Waals surface area contributed by atoms with Crippen molar-refractivity contribution in [1.29, 1.82) is 0 Å². The quantitative estimate of drug-likeness (QED) is 0.811. The van der Waals surface area contributed by atoms with Crippen LogP contribution in [0.25, 0.3) is 0 Å². The van der Waals surface area contributed by atoms with Gasteiger partial charge in [0, 0.05) is 37.9 Å². The van der Waals surface area contributed by atoms with Crippen LogP contribution in [0, 0.1) is 5.92 Å². The molecule has 2 aliphatic rings. The van der Waals surface area contributed by atoms with Crippen LogP contribution in [0.4, 0.5) is 0 Å². The maximum Gasteiger partial charge on any atom is 0.264 e. The van der Waals surface area contributed by atoms with Gasteiger partial charge in [0.05, 0.1) is 22.7 Å². The van der Waals surface area contributed by atoms with Crippen LogP contribution < -0.4 is 5.56 Å². The predicted octanol–water partition coefficient (Wildman–Crippen LogP) is 2.78. The van der Waals surface area contributed by atoms with E-state index in [0.717, 1.165) is 31.5 Å². The van der Waals surface area contributed by atoms with E-state index in [1.54, 1.807) is 4.90 Å². The Morgan fingerprint density at radius 3 is 2.90 bits per heavy atom. The lowest BCUT2D eigenvalue weighted by atomic mass is 9.95. The van der Waals surface area contributed by atoms with Crippen molar-refractivity contribution in [2.24, 2.45) is 5.92 Å². The van der Waals surface area contributed by atoms with E-state index in [2.05, 4.69) is 4.98 Å². The number of carbonyl (C=O) groups excluding carboxylic acids is 2. The topological polar surface area (TPSA) is 86.4 Å². The summed E-state index contributed by atoms with van der Waals surface area (Å²) >= 11 is 1.41. The summed E-state index contributed by atoms with van der Waals surface area (Å²) in [6.45, 7) is 6.22. The van der Waals surface area contributed by atoms with E-state index in [4.69, 9.17) is 4.98 Å². The third-order valence-electron chi connectivity index (χ3n) is 6.26. The molecule has 30 heavy (non-hydrogen) atoms. The van der Waals surface area contributed by atoms with Crippen LogP contribution in [0.5, 0.6) is 0 Å². The smallest absolute Gasteiger partial charge is 0.264 e. The molecular formula is C22H28N4O3S. The monoisotopic (exact) mass is 428 g/mol. The highest BCUT2D eigenvalue weighted by molar-refractivity contribution is 7.12. The number of nitrogens with one attached hydrogen (secondary N) is 1. The highest BCUT2D eigenvalue weighted by Gasteiger charge is 2.30. The van der Waals surface area contributed by atoms with Crippen molar-refractivity contribution >= 4 is 23.2 Å². The first-order valence-corrected chi connectivity index (χ1v) is 11.6. The maximum absolute atomic E-state index is 12.8. The second-order valence-electron chi connectivity index (χ2n) is 8.26. The van der Waals surface area contributed by atoms with Crippen LogP contribution in [0.15, 0.2) is 22.3 Å². The Kier molecular flexibility index (Phi) is 6.04. The first kappa shape index (κ1) is 20.8. The molecule has 1 saturated heterocycles. The van der Waals surface area contributed by atoms with Crippen molar-refractivity contribution in [1.82, 2.24) is 19.8 Å². The molecular weight excluding hydrogens is 400 g/mol. The van der Waals surface area contributed by atoms with Crippen LogP contribution in [-0.4, -0.2) is 51.2 Å². The number of aromatic amines is 1. The second kappa shape index (κ2) is 8.71. The SMILES string of the molecule is CC[C@@H](C)C(=O)N1CCC[C@H](c2nc3c(c(=O)[nH]2)CN(C(=O)c2cccs2)CC3)C1. The molecule has 2 amide bonds. The molecule has 8 heteroatoms. The van der Waals surface area contributed by atoms with Crippen molar-refractivity contribution in [3.05, 3.63) is 49.8 Å². The zero-order valence-electron chi connectivity index (χ0n) is 17.5. The molecule has 0 bridgehead atoms. The molecule has 2 aromatic heterocycles. The van der Waals surface area contributed by atoms with Crippen molar-refractivity contribution in [2.75, 3.05) is 19.6 Å². The second-order valence-corrected chi connectivity index (χ2v) is 9.21. The summed E-state index contributed by atoms with van der Waals surface area (Å²) in [5.74, 6) is 0.899. The molecule has 0 spiro atoms. The highest BCUT2D eigenvalue weighted by atomic mass is 32.1. The third-order valence-corrected chi connectivity index (χ3v) is 7.12. The molecule has 0 unspecified atom stereocenters. The van der Waals surface area contributed by atoms with Crippen molar-refractivity contribution in [3.63, 3.8) is 0 Å². The molecule has 7 nitrogen and oxygen atoms in total. The van der Waals surface area contributed by atoms with Gasteiger partial charge in [-0.2, -0.15) is 0 Å². The number of H-pyrrole nitrogens is 1. The van der Waals surface area contributed by atoms with Crippen LogP contribution >= 0.6 is 11.3 Å². The van der Waals surface area contributed by atoms with Gasteiger partial charge in [0.1, 0.15) is 5.82 Å². The Morgan fingerprint density at radius 2 is 2.17 bits per heavy atom. The third kappa shape index (κ3) is 4.05. The summed E-state index contributed by atoms with van der Waals surface area (Å²) in [5, 5.41) is 1.88. The number of hydrogen-bond acceptors (Lipinski definition) is 5. The molecule has 2 aliphatic heterocycles. The molecule has 4 heterocycles. The van der Waals surface area contributed by atoms with E-state index >= 15 is 0 Å². The molecule has 4 rings (SSSR count). The summed E-state index contributed by atoms with van der Waals surface area (Å²) in [5.41, 5.74) is 1.21. The Labute approximate surface area is 180 Å². The Balaban J connectivity index is 1.51. The van der Waals surface area contributed by atoms with E-state index in [9.17, 15) is 14.4 Å². The Hall–Kier alpha value is -2.48. The largest absolute Gasteiger partial charge is 0.342 e. The minimum Gasteiger partial charge on any atom is -0.342 e. The van der Waals surface area contributed by atoms with E-state index in [-0.39, 0.29) is 35.8 Å². The Morgan fingerprint density at radius 1 is 1.33 bits per heavy atom. The van der Waals surface area contributed by atoms with E-state index in [0.29, 0.717) is 35.8 Å². The lowest BCUT2D eigenvalue weighted by molar-refractivity contribution is -0.136. The Bertz CT molecular complexity index is 985. The minimum absolute atomic E-state index is 0.0196. The molecule has 0 aliphatic carbocycles. The fourth-order valence-corrected chi connectivity index (χ4v) is 4.94. The zero-order valence-corrected chi connectivity index (χ0v) is 18.3. The summed E-state index contributed by atoms with van der Waals surface area (Å²) in [4.78, 5) is 50.2. The van der Waals surface area contributed by atoms with Gasteiger partial charge in [-0.15, -0.1) is 11.3 Å². The van der Waals surface area contributed by atoms with Crippen molar-refractivity contribution in [2.45, 2.75) is 52.0 Å². The molecule has 2 atom stereocenters. The van der Waals surface area contributed by atoms with Gasteiger partial charge < -0.3 is 14.8 Å². The van der Waals surface area contributed by atoms with Gasteiger partial charge in [-0.3, -0.25) is 14.4 Å². The average molecular weight is 429 g/mol. The summed E-state index contributed by atoms with van der Waals surface area (Å²) in [7, 11) is 0. The molecule has 0 aromatic carbocycles. The molecule has 1 fully saturated rings. The van der Waals surface area contributed by atoms with Crippen molar-refractivity contribution in [3.8, 4) is 0 Å². The van der Waals surface area contributed by atoms with Crippen molar-refractivity contribution < 1.29 is 9.59 Å². The highest BCUT2D eigenvalue weighted by Crippen LogP contribution is 2.27. The van der Waals surface area contributed by atoms with Gasteiger partial charge in [0.25, 0.3) is 11.5 Å². The molecule has 2 aromatic rings. The first-order valence-electron chi connectivity index (χ1n) is 10.7. The van der Waals surface area contributed by atoms with Gasteiger partial charge in [-0.05, 0) is 30.7 Å². The van der Waals surface area contributed by atoms with E-state index in [1.165, 1.54) is 11.3 Å². The van der Waals surface area contributed by atoms with Crippen LogP contribution in [-0.2, 0) is 17.8 Å². The zero-order chi connectivity index (χ0) is 21.3. The number of thiophene rings is 1. The minimum atomic E-state index is -0.163. The lowest BCUT2D eigenvalue weighted by Crippen LogP contribution is -2.43. The van der Waals surface area contributed by atoms with Crippen LogP contribution in [0.1, 0.15) is 65.8 Å². The van der Waals surface area contributed by atoms with Gasteiger partial charge in [-0.25, -0.2) is 4.98 Å². The number of piperidine rings is 1. The standard InChI is InChI=1S/C22H28N4O3S/c1-3-14(2)21(28)25-9-4-6-15(12-25)19-23-17-8-10-26(13-16(17)20(27)24-19)22(29)18-7-5-11-30-18/h5,7,11,14-15H,3-4,6,8-10,12-13H2,1-2H3,(H,23,24,27)/t14-,15+/m1/s1.